The molecule has 0 aromatic carbocycles. The van der Waals surface area contributed by atoms with Crippen LogP contribution in [-0.4, -0.2) is 26.6 Å². The highest BCUT2D eigenvalue weighted by atomic mass is 35.5. The van der Waals surface area contributed by atoms with Crippen molar-refractivity contribution in [2.24, 2.45) is 0 Å². The highest BCUT2D eigenvalue weighted by Crippen LogP contribution is 2.22. The first-order valence-electron chi connectivity index (χ1n) is 5.61. The van der Waals surface area contributed by atoms with Gasteiger partial charge in [0, 0.05) is 6.54 Å². The van der Waals surface area contributed by atoms with Crippen LogP contribution in [0.25, 0.3) is 11.2 Å². The molecule has 5 nitrogen and oxygen atoms in total. The number of aryl methyl sites for hydroxylation is 1. The minimum atomic E-state index is 0.364. The summed E-state index contributed by atoms with van der Waals surface area (Å²) in [5, 5.41) is 0. The Hall–Kier alpha value is -1.36. The second-order valence-electron chi connectivity index (χ2n) is 3.72. The maximum atomic E-state index is 5.91. The molecule has 0 spiro atoms. The van der Waals surface area contributed by atoms with Crippen LogP contribution < -0.4 is 4.74 Å². The van der Waals surface area contributed by atoms with Gasteiger partial charge in [0.05, 0.1) is 13.0 Å². The van der Waals surface area contributed by atoms with Crippen molar-refractivity contribution in [3.8, 4) is 5.88 Å². The summed E-state index contributed by atoms with van der Waals surface area (Å²) in [5.41, 5.74) is 1.47. The van der Waals surface area contributed by atoms with E-state index >= 15 is 0 Å². The highest BCUT2D eigenvalue weighted by Gasteiger charge is 2.15. The summed E-state index contributed by atoms with van der Waals surface area (Å²) in [6, 6.07) is 0. The van der Waals surface area contributed by atoms with E-state index in [-0.39, 0.29) is 0 Å². The van der Waals surface area contributed by atoms with Crippen LogP contribution in [0.1, 0.15) is 25.6 Å². The number of ether oxygens (including phenoxy) is 1. The van der Waals surface area contributed by atoms with E-state index in [4.69, 9.17) is 16.3 Å². The van der Waals surface area contributed by atoms with Gasteiger partial charge in [-0.3, -0.25) is 0 Å². The topological polar surface area (TPSA) is 52.8 Å². The van der Waals surface area contributed by atoms with Gasteiger partial charge in [0.15, 0.2) is 11.2 Å². The van der Waals surface area contributed by atoms with Crippen molar-refractivity contribution < 1.29 is 4.74 Å². The average Bonchev–Trinajstić information content (AvgIpc) is 2.73. The Kier molecular flexibility index (Phi) is 3.78. The number of aromatic nitrogens is 4. The van der Waals surface area contributed by atoms with E-state index < -0.39 is 0 Å². The third-order valence-corrected chi connectivity index (χ3v) is 2.86. The standard InChI is InChI=1S/C11H15ClN4O/c1-3-4-5-16-8(6-12)15-9-10(16)13-7-14-11(9)17-2/h7H,3-6H2,1-2H3. The lowest BCUT2D eigenvalue weighted by atomic mass is 10.3. The Balaban J connectivity index is 2.55. The maximum absolute atomic E-state index is 5.91. The number of hydrogen-bond donors (Lipinski definition) is 0. The van der Waals surface area contributed by atoms with Crippen LogP contribution in [0.15, 0.2) is 6.33 Å². The van der Waals surface area contributed by atoms with Crippen molar-refractivity contribution in [2.75, 3.05) is 7.11 Å². The van der Waals surface area contributed by atoms with Gasteiger partial charge in [0.1, 0.15) is 12.2 Å². The molecule has 0 fully saturated rings. The van der Waals surface area contributed by atoms with Gasteiger partial charge in [-0.2, -0.15) is 4.98 Å². The van der Waals surface area contributed by atoms with E-state index in [1.54, 1.807) is 7.11 Å². The van der Waals surface area contributed by atoms with Crippen LogP contribution in [0, 0.1) is 0 Å². The van der Waals surface area contributed by atoms with Gasteiger partial charge in [-0.15, -0.1) is 11.6 Å². The smallest absolute Gasteiger partial charge is 0.245 e. The fourth-order valence-corrected chi connectivity index (χ4v) is 1.97. The second-order valence-corrected chi connectivity index (χ2v) is 3.99. The first-order chi connectivity index (χ1) is 8.31. The minimum Gasteiger partial charge on any atom is -0.479 e. The predicted molar refractivity (Wildman–Crippen MR) is 66.3 cm³/mol. The third-order valence-electron chi connectivity index (χ3n) is 2.63. The molecular formula is C11H15ClN4O. The number of hydrogen-bond acceptors (Lipinski definition) is 4. The molecular weight excluding hydrogens is 240 g/mol. The van der Waals surface area contributed by atoms with Gasteiger partial charge in [0.25, 0.3) is 0 Å². The molecule has 2 heterocycles. The van der Waals surface area contributed by atoms with E-state index in [2.05, 4.69) is 21.9 Å². The molecule has 0 atom stereocenters. The second kappa shape index (κ2) is 5.31. The highest BCUT2D eigenvalue weighted by molar-refractivity contribution is 6.16. The maximum Gasteiger partial charge on any atom is 0.245 e. The Morgan fingerprint density at radius 2 is 2.24 bits per heavy atom. The number of methoxy groups -OCH3 is 1. The van der Waals surface area contributed by atoms with E-state index in [9.17, 15) is 0 Å². The third kappa shape index (κ3) is 2.20. The van der Waals surface area contributed by atoms with Crippen LogP contribution >= 0.6 is 11.6 Å². The summed E-state index contributed by atoms with van der Waals surface area (Å²) in [4.78, 5) is 12.7. The van der Waals surface area contributed by atoms with Crippen molar-refractivity contribution in [1.82, 2.24) is 19.5 Å². The van der Waals surface area contributed by atoms with Crippen LogP contribution in [0.4, 0.5) is 0 Å². The van der Waals surface area contributed by atoms with Crippen LogP contribution in [0.5, 0.6) is 5.88 Å². The van der Waals surface area contributed by atoms with Gasteiger partial charge in [-0.25, -0.2) is 9.97 Å². The van der Waals surface area contributed by atoms with Gasteiger partial charge < -0.3 is 9.30 Å². The fraction of sp³-hybridized carbons (Fsp3) is 0.545. The van der Waals surface area contributed by atoms with Crippen molar-refractivity contribution >= 4 is 22.8 Å². The van der Waals surface area contributed by atoms with Crippen LogP contribution in [-0.2, 0) is 12.4 Å². The monoisotopic (exact) mass is 254 g/mol. The molecule has 92 valence electrons. The Labute approximate surface area is 105 Å². The quantitative estimate of drug-likeness (QED) is 0.769. The molecule has 17 heavy (non-hydrogen) atoms. The van der Waals surface area contributed by atoms with Crippen LogP contribution in [0.2, 0.25) is 0 Å². The predicted octanol–water partition coefficient (Wildman–Crippen LogP) is 2.37. The number of imidazole rings is 1. The molecule has 2 rings (SSSR count). The Morgan fingerprint density at radius 1 is 1.41 bits per heavy atom. The van der Waals surface area contributed by atoms with Crippen molar-refractivity contribution in [3.63, 3.8) is 0 Å². The zero-order valence-electron chi connectivity index (χ0n) is 9.98. The molecule has 0 aliphatic carbocycles. The molecule has 0 bridgehead atoms. The number of fused-ring (bicyclic) bond motifs is 1. The molecule has 2 aromatic rings. The number of unbranched alkanes of at least 4 members (excludes halogenated alkanes) is 1. The SMILES string of the molecule is CCCCn1c(CCl)nc2c(OC)ncnc21. The van der Waals surface area contributed by atoms with E-state index in [1.165, 1.54) is 6.33 Å². The largest absolute Gasteiger partial charge is 0.479 e. The normalized spacial score (nSPS) is 11.0. The molecule has 0 aliphatic rings. The summed E-state index contributed by atoms with van der Waals surface area (Å²) in [6.07, 6.45) is 3.68. The van der Waals surface area contributed by atoms with Gasteiger partial charge in [-0.1, -0.05) is 13.3 Å². The van der Waals surface area contributed by atoms with Crippen LogP contribution in [0.3, 0.4) is 0 Å². The summed E-state index contributed by atoms with van der Waals surface area (Å²) >= 11 is 5.91. The molecule has 6 heteroatoms. The van der Waals surface area contributed by atoms with Gasteiger partial charge in [-0.05, 0) is 6.42 Å². The first kappa shape index (κ1) is 12.1. The first-order valence-corrected chi connectivity index (χ1v) is 6.15. The van der Waals surface area contributed by atoms with E-state index in [0.717, 1.165) is 30.9 Å². The average molecular weight is 255 g/mol. The summed E-state index contributed by atoms with van der Waals surface area (Å²) in [5.74, 6) is 1.67. The summed E-state index contributed by atoms with van der Waals surface area (Å²) < 4.78 is 7.21. The minimum absolute atomic E-state index is 0.364. The molecule has 0 saturated heterocycles. The zero-order chi connectivity index (χ0) is 12.3. The Bertz CT molecular complexity index is 511. The van der Waals surface area contributed by atoms with Crippen molar-refractivity contribution in [1.29, 1.82) is 0 Å². The number of alkyl halides is 1. The molecule has 0 amide bonds. The van der Waals surface area contributed by atoms with Crippen molar-refractivity contribution in [3.05, 3.63) is 12.2 Å². The number of halogens is 1. The number of nitrogens with zero attached hydrogens (tertiary/aromatic N) is 4. The lowest BCUT2D eigenvalue weighted by molar-refractivity contribution is 0.401. The molecule has 0 unspecified atom stereocenters. The molecule has 0 saturated carbocycles. The number of rotatable bonds is 5. The van der Waals surface area contributed by atoms with E-state index in [0.29, 0.717) is 17.3 Å². The fourth-order valence-electron chi connectivity index (χ4n) is 1.76. The lowest BCUT2D eigenvalue weighted by Gasteiger charge is -2.05. The van der Waals surface area contributed by atoms with E-state index in [1.807, 2.05) is 4.57 Å². The van der Waals surface area contributed by atoms with Gasteiger partial charge in [0.2, 0.25) is 5.88 Å². The summed E-state index contributed by atoms with van der Waals surface area (Å²) in [6.45, 7) is 3.02. The molecule has 0 N–H and O–H groups in total. The van der Waals surface area contributed by atoms with Gasteiger partial charge >= 0.3 is 0 Å². The zero-order valence-corrected chi connectivity index (χ0v) is 10.7. The summed E-state index contributed by atoms with van der Waals surface area (Å²) in [7, 11) is 1.58. The molecule has 0 radical (unpaired) electrons. The lowest BCUT2D eigenvalue weighted by Crippen LogP contribution is -2.03. The van der Waals surface area contributed by atoms with Crippen molar-refractivity contribution in [2.45, 2.75) is 32.2 Å². The Morgan fingerprint density at radius 3 is 2.88 bits per heavy atom. The molecule has 0 aliphatic heterocycles. The molecule has 2 aromatic heterocycles.